The predicted molar refractivity (Wildman–Crippen MR) is 70.7 cm³/mol. The highest BCUT2D eigenvalue weighted by atomic mass is 15.0. The maximum Gasteiger partial charge on any atom is 0.177 e. The van der Waals surface area contributed by atoms with Crippen LogP contribution < -0.4 is 0 Å². The highest BCUT2D eigenvalue weighted by Crippen LogP contribution is 2.08. The standard InChI is InChI=1S/C8H9N3.C3H8.C2H6/c1-5-3-4-7-8(9-5)11-6(2)10-7;1-3-2;1-2/h3-4H,1-2H3,(H,9,10,11);3H2,1-2H3;1-2H3. The first kappa shape index (κ1) is 14.6. The van der Waals surface area contributed by atoms with Gasteiger partial charge in [-0.3, -0.25) is 0 Å². The summed E-state index contributed by atoms with van der Waals surface area (Å²) in [6, 6.07) is 3.97. The molecule has 0 amide bonds. The Hall–Kier alpha value is -1.38. The largest absolute Gasteiger partial charge is 0.341 e. The number of H-pyrrole nitrogens is 1. The molecule has 0 atom stereocenters. The minimum Gasteiger partial charge on any atom is -0.341 e. The molecule has 0 fully saturated rings. The molecule has 3 heteroatoms. The second-order valence-corrected chi connectivity index (χ2v) is 3.35. The second kappa shape index (κ2) is 7.85. The average molecular weight is 221 g/mol. The zero-order valence-corrected chi connectivity index (χ0v) is 11.3. The fourth-order valence-electron chi connectivity index (χ4n) is 1.11. The van der Waals surface area contributed by atoms with Crippen molar-refractivity contribution in [3.05, 3.63) is 23.7 Å². The van der Waals surface area contributed by atoms with E-state index >= 15 is 0 Å². The molecule has 0 bridgehead atoms. The number of hydrogen-bond donors (Lipinski definition) is 1. The first-order chi connectivity index (χ1) is 7.67. The number of fused-ring (bicyclic) bond motifs is 1. The van der Waals surface area contributed by atoms with Gasteiger partial charge < -0.3 is 4.98 Å². The number of aromatic amines is 1. The van der Waals surface area contributed by atoms with E-state index in [1.54, 1.807) is 0 Å². The number of pyridine rings is 1. The summed E-state index contributed by atoms with van der Waals surface area (Å²) in [5.41, 5.74) is 2.82. The van der Waals surface area contributed by atoms with Crippen molar-refractivity contribution in [2.24, 2.45) is 0 Å². The van der Waals surface area contributed by atoms with Crippen LogP contribution >= 0.6 is 0 Å². The van der Waals surface area contributed by atoms with Gasteiger partial charge in [0, 0.05) is 5.69 Å². The SMILES string of the molecule is CC.CCC.Cc1ccc2[nH]c(C)nc2n1. The molecule has 0 radical (unpaired) electrons. The van der Waals surface area contributed by atoms with Gasteiger partial charge in [0.2, 0.25) is 0 Å². The zero-order chi connectivity index (χ0) is 12.6. The fraction of sp³-hybridized carbons (Fsp3) is 0.538. The lowest BCUT2D eigenvalue weighted by Crippen LogP contribution is -1.80. The van der Waals surface area contributed by atoms with Gasteiger partial charge in [-0.05, 0) is 26.0 Å². The van der Waals surface area contributed by atoms with E-state index < -0.39 is 0 Å². The topological polar surface area (TPSA) is 41.6 Å². The van der Waals surface area contributed by atoms with E-state index in [1.165, 1.54) is 6.42 Å². The Balaban J connectivity index is 0.000000394. The van der Waals surface area contributed by atoms with Gasteiger partial charge in [0.25, 0.3) is 0 Å². The van der Waals surface area contributed by atoms with Gasteiger partial charge in [0.05, 0.1) is 5.52 Å². The summed E-state index contributed by atoms with van der Waals surface area (Å²) in [7, 11) is 0. The number of imidazole rings is 1. The average Bonchev–Trinajstić information content (AvgIpc) is 2.61. The van der Waals surface area contributed by atoms with E-state index in [0.29, 0.717) is 0 Å². The normalized spacial score (nSPS) is 8.88. The van der Waals surface area contributed by atoms with E-state index in [4.69, 9.17) is 0 Å². The maximum absolute atomic E-state index is 4.25. The van der Waals surface area contributed by atoms with E-state index in [1.807, 2.05) is 39.8 Å². The van der Waals surface area contributed by atoms with Gasteiger partial charge in [0.1, 0.15) is 5.82 Å². The van der Waals surface area contributed by atoms with Crippen molar-refractivity contribution >= 4 is 11.2 Å². The molecule has 0 aliphatic heterocycles. The highest BCUT2D eigenvalue weighted by molar-refractivity contribution is 5.70. The van der Waals surface area contributed by atoms with E-state index in [0.717, 1.165) is 22.7 Å². The van der Waals surface area contributed by atoms with Crippen molar-refractivity contribution < 1.29 is 0 Å². The van der Waals surface area contributed by atoms with Crippen molar-refractivity contribution in [2.45, 2.75) is 48.0 Å². The van der Waals surface area contributed by atoms with Crippen LogP contribution in [0.15, 0.2) is 12.1 Å². The Morgan fingerprint density at radius 3 is 2.19 bits per heavy atom. The molecule has 16 heavy (non-hydrogen) atoms. The smallest absolute Gasteiger partial charge is 0.177 e. The summed E-state index contributed by atoms with van der Waals surface area (Å²) in [4.78, 5) is 11.6. The number of aromatic nitrogens is 3. The highest BCUT2D eigenvalue weighted by Gasteiger charge is 1.98. The van der Waals surface area contributed by atoms with Crippen LogP contribution in [0.5, 0.6) is 0 Å². The summed E-state index contributed by atoms with van der Waals surface area (Å²) in [6.45, 7) is 12.1. The number of nitrogens with zero attached hydrogens (tertiary/aromatic N) is 2. The number of hydrogen-bond acceptors (Lipinski definition) is 2. The van der Waals surface area contributed by atoms with Gasteiger partial charge in [-0.25, -0.2) is 9.97 Å². The third kappa shape index (κ3) is 4.43. The molecule has 3 nitrogen and oxygen atoms in total. The monoisotopic (exact) mass is 221 g/mol. The maximum atomic E-state index is 4.25. The van der Waals surface area contributed by atoms with Crippen LogP contribution in [0.2, 0.25) is 0 Å². The van der Waals surface area contributed by atoms with Gasteiger partial charge in [-0.1, -0.05) is 34.1 Å². The van der Waals surface area contributed by atoms with Gasteiger partial charge in [0.15, 0.2) is 5.65 Å². The molecule has 1 N–H and O–H groups in total. The van der Waals surface area contributed by atoms with Crippen molar-refractivity contribution in [1.29, 1.82) is 0 Å². The number of nitrogens with one attached hydrogen (secondary N) is 1. The van der Waals surface area contributed by atoms with Crippen molar-refractivity contribution in [3.63, 3.8) is 0 Å². The first-order valence-corrected chi connectivity index (χ1v) is 5.97. The molecular weight excluding hydrogens is 198 g/mol. The molecule has 0 saturated carbocycles. The molecule has 0 unspecified atom stereocenters. The van der Waals surface area contributed by atoms with E-state index in [-0.39, 0.29) is 0 Å². The molecule has 2 aromatic heterocycles. The summed E-state index contributed by atoms with van der Waals surface area (Å²) < 4.78 is 0. The Bertz CT molecular complexity index is 404. The van der Waals surface area contributed by atoms with Crippen LogP contribution in [-0.2, 0) is 0 Å². The Morgan fingerprint density at radius 1 is 1.06 bits per heavy atom. The van der Waals surface area contributed by atoms with Crippen LogP contribution in [-0.4, -0.2) is 15.0 Å². The quantitative estimate of drug-likeness (QED) is 0.730. The van der Waals surface area contributed by atoms with Crippen LogP contribution in [0.4, 0.5) is 0 Å². The Labute approximate surface area is 98.3 Å². The third-order valence-corrected chi connectivity index (χ3v) is 1.60. The molecule has 2 aromatic rings. The summed E-state index contributed by atoms with van der Waals surface area (Å²) in [5.74, 6) is 0.915. The lowest BCUT2D eigenvalue weighted by atomic mass is 10.4. The molecule has 90 valence electrons. The van der Waals surface area contributed by atoms with Crippen molar-refractivity contribution in [3.8, 4) is 0 Å². The van der Waals surface area contributed by atoms with Gasteiger partial charge in [-0.15, -0.1) is 0 Å². The molecule has 0 aliphatic rings. The minimum absolute atomic E-state index is 0.808. The summed E-state index contributed by atoms with van der Waals surface area (Å²) >= 11 is 0. The molecular formula is C13H23N3. The molecule has 0 saturated heterocycles. The van der Waals surface area contributed by atoms with Crippen LogP contribution in [0.1, 0.15) is 45.6 Å². The predicted octanol–water partition coefficient (Wildman–Crippen LogP) is 4.02. The van der Waals surface area contributed by atoms with E-state index in [9.17, 15) is 0 Å². The Morgan fingerprint density at radius 2 is 1.62 bits per heavy atom. The zero-order valence-electron chi connectivity index (χ0n) is 11.3. The second-order valence-electron chi connectivity index (χ2n) is 3.35. The number of aryl methyl sites for hydroxylation is 2. The Kier molecular flexibility index (Phi) is 7.18. The molecule has 2 rings (SSSR count). The van der Waals surface area contributed by atoms with Crippen LogP contribution in [0.25, 0.3) is 11.2 Å². The fourth-order valence-corrected chi connectivity index (χ4v) is 1.11. The molecule has 0 aliphatic carbocycles. The van der Waals surface area contributed by atoms with Crippen molar-refractivity contribution in [1.82, 2.24) is 15.0 Å². The van der Waals surface area contributed by atoms with Crippen LogP contribution in [0.3, 0.4) is 0 Å². The molecule has 0 aromatic carbocycles. The third-order valence-electron chi connectivity index (χ3n) is 1.60. The minimum atomic E-state index is 0.808. The summed E-state index contributed by atoms with van der Waals surface area (Å²) in [6.07, 6.45) is 1.25. The number of rotatable bonds is 0. The molecule has 0 spiro atoms. The molecule has 2 heterocycles. The lowest BCUT2D eigenvalue weighted by Gasteiger charge is -1.88. The lowest BCUT2D eigenvalue weighted by molar-refractivity contribution is 1.09. The van der Waals surface area contributed by atoms with Crippen LogP contribution in [0, 0.1) is 13.8 Å². The van der Waals surface area contributed by atoms with Gasteiger partial charge in [-0.2, -0.15) is 0 Å². The van der Waals surface area contributed by atoms with E-state index in [2.05, 4.69) is 28.8 Å². The summed E-state index contributed by atoms with van der Waals surface area (Å²) in [5, 5.41) is 0. The van der Waals surface area contributed by atoms with Gasteiger partial charge >= 0.3 is 0 Å². The van der Waals surface area contributed by atoms with Crippen molar-refractivity contribution in [2.75, 3.05) is 0 Å². The first-order valence-electron chi connectivity index (χ1n) is 5.97.